The van der Waals surface area contributed by atoms with Gasteiger partial charge < -0.3 is 46.2 Å². The van der Waals surface area contributed by atoms with Crippen LogP contribution < -0.4 is 27.6 Å². The Bertz CT molecular complexity index is 2300. The first-order valence-corrected chi connectivity index (χ1v) is 20.1. The van der Waals surface area contributed by atoms with Crippen LogP contribution in [0.25, 0.3) is 22.1 Å². The summed E-state index contributed by atoms with van der Waals surface area (Å²) in [5, 5.41) is 19.8. The van der Waals surface area contributed by atoms with Crippen LogP contribution in [-0.4, -0.2) is 59.6 Å². The Kier molecular flexibility index (Phi) is 14.3. The quantitative estimate of drug-likeness (QED) is 0.0911. The fourth-order valence-electron chi connectivity index (χ4n) is 7.64. The summed E-state index contributed by atoms with van der Waals surface area (Å²) in [6.07, 6.45) is 16.8. The maximum atomic E-state index is 14.8. The van der Waals surface area contributed by atoms with Gasteiger partial charge in [-0.1, -0.05) is 24.3 Å². The summed E-state index contributed by atoms with van der Waals surface area (Å²) in [6.45, 7) is 0.727. The molecule has 11 rings (SSSR count). The van der Waals surface area contributed by atoms with E-state index < -0.39 is 0 Å². The zero-order chi connectivity index (χ0) is 35.9. The van der Waals surface area contributed by atoms with Gasteiger partial charge in [-0.15, -0.1) is 0 Å². The number of fused-ring (bicyclic) bond motifs is 4. The predicted molar refractivity (Wildman–Crippen MR) is 224 cm³/mol. The Labute approximate surface area is 367 Å². The largest absolute Gasteiger partial charge is 2.00 e. The number of pyridine rings is 2. The van der Waals surface area contributed by atoms with Gasteiger partial charge in [-0.2, -0.15) is 10.2 Å². The van der Waals surface area contributed by atoms with Gasteiger partial charge in [0.25, 0.3) is 0 Å². The third-order valence-corrected chi connectivity index (χ3v) is 11.4. The van der Waals surface area contributed by atoms with Crippen LogP contribution in [0.2, 0.25) is 0 Å². The van der Waals surface area contributed by atoms with Crippen LogP contribution in [0.15, 0.2) is 48.5 Å². The molecule has 1 atom stereocenters. The molecule has 290 valence electrons. The van der Waals surface area contributed by atoms with Crippen LogP contribution in [0.4, 0.5) is 31.8 Å². The number of hydrogen-bond donors (Lipinski definition) is 3. The Morgan fingerprint density at radius 3 is 1.98 bits per heavy atom. The smallest absolute Gasteiger partial charge is 1.00 e. The number of rotatable bonds is 6. The van der Waals surface area contributed by atoms with E-state index in [0.717, 1.165) is 109 Å². The van der Waals surface area contributed by atoms with Gasteiger partial charge >= 0.3 is 23.1 Å². The molecular weight excluding hydrogens is 902 g/mol. The van der Waals surface area contributed by atoms with E-state index in [1.807, 2.05) is 28.9 Å². The molecular formula is C42H45BrF2IMgN8O-. The first kappa shape index (κ1) is 42.7. The molecule has 9 nitrogen and oxygen atoms in total. The summed E-state index contributed by atoms with van der Waals surface area (Å²) in [6, 6.07) is 15.4. The van der Waals surface area contributed by atoms with E-state index in [9.17, 15) is 8.78 Å². The van der Waals surface area contributed by atoms with E-state index in [0.29, 0.717) is 17.2 Å². The van der Waals surface area contributed by atoms with Crippen LogP contribution in [-0.2, 0) is 30.4 Å². The van der Waals surface area contributed by atoms with Gasteiger partial charge in [0.15, 0.2) is 40.8 Å². The van der Waals surface area contributed by atoms with Crippen LogP contribution >= 0.6 is 22.6 Å². The van der Waals surface area contributed by atoms with Crippen molar-refractivity contribution >= 4 is 90.7 Å². The van der Waals surface area contributed by atoms with E-state index in [1.54, 1.807) is 6.07 Å². The fourth-order valence-corrected chi connectivity index (χ4v) is 8.27. The number of H-pyrrole nitrogens is 1. The SMILES string of the molecule is Fc1cc2c(C3CC3)[nH]nc2nc1Nc1cccc2c1CCC2.Fc1cc2c(I)nn(C3CCCCO3)c2nc1Nc1cccc2c1CCC2.[Br-].[CH-]1CC1.[CH3-].[Mg+2]. The third kappa shape index (κ3) is 9.19. The number of hydrogen-bond acceptors (Lipinski definition) is 7. The van der Waals surface area contributed by atoms with E-state index in [1.165, 1.54) is 41.2 Å². The molecule has 14 heteroatoms. The second-order valence-corrected chi connectivity index (χ2v) is 15.6. The van der Waals surface area contributed by atoms with E-state index in [4.69, 9.17) is 4.74 Å². The predicted octanol–water partition coefficient (Wildman–Crippen LogP) is 7.37. The molecule has 6 aromatic rings. The van der Waals surface area contributed by atoms with Crippen molar-refractivity contribution in [2.45, 2.75) is 95.6 Å². The average molecular weight is 947 g/mol. The standard InChI is InChI=1S/C20H20FIN4O.C18H17FN4.C3H5.CH3.BrH.Mg/c21-15-11-14-18(22)25-26(17-9-1-2-10-27-17)20(14)24-19(15)23-16-8-4-6-12-5-3-7-13(12)16;19-14-9-13-16(11-7-8-11)22-23-17(13)21-18(14)20-15-6-2-4-10-3-1-5-12(10)15;1-2-3-1;;;/h4,6,8,11,17H,1-3,5,7,9-10H2,(H,23,24);2,4,6,9,11H,1,3,5,7-8H2,(H2,20,21,22,23);1H,2-3H2;1H3;1H;/q;;2*-1;;+2/p-1. The fraction of sp³-hybridized carbons (Fsp3) is 0.381. The van der Waals surface area contributed by atoms with Crippen molar-refractivity contribution in [2.75, 3.05) is 17.2 Å². The molecule has 0 spiro atoms. The van der Waals surface area contributed by atoms with Gasteiger partial charge in [0.2, 0.25) is 0 Å². The molecule has 4 aliphatic carbocycles. The molecule has 3 N–H and O–H groups in total. The summed E-state index contributed by atoms with van der Waals surface area (Å²) >= 11 is 2.14. The first-order valence-electron chi connectivity index (χ1n) is 19.0. The van der Waals surface area contributed by atoms with Crippen molar-refractivity contribution < 1.29 is 30.5 Å². The van der Waals surface area contributed by atoms with Gasteiger partial charge in [0, 0.05) is 35.0 Å². The molecule has 2 saturated carbocycles. The zero-order valence-corrected chi connectivity index (χ0v) is 36.8. The number of ether oxygens (including phenoxy) is 1. The number of nitrogens with one attached hydrogen (secondary N) is 3. The maximum absolute atomic E-state index is 14.8. The molecule has 5 heterocycles. The van der Waals surface area contributed by atoms with Crippen molar-refractivity contribution in [3.05, 3.63) is 106 Å². The number of aromatic nitrogens is 6. The Hall–Kier alpha value is -2.92. The van der Waals surface area contributed by atoms with Crippen molar-refractivity contribution in [1.29, 1.82) is 0 Å². The van der Waals surface area contributed by atoms with Gasteiger partial charge in [-0.25, -0.2) is 36.3 Å². The summed E-state index contributed by atoms with van der Waals surface area (Å²) in [7, 11) is 0. The topological polar surface area (TPSA) is 106 Å². The van der Waals surface area contributed by atoms with Crippen molar-refractivity contribution in [3.8, 4) is 0 Å². The second-order valence-electron chi connectivity index (χ2n) is 14.6. The molecule has 1 unspecified atom stereocenters. The number of anilines is 4. The molecule has 5 aliphatic rings. The van der Waals surface area contributed by atoms with Crippen LogP contribution in [0.5, 0.6) is 0 Å². The molecule has 1 aliphatic heterocycles. The Morgan fingerprint density at radius 1 is 0.804 bits per heavy atom. The van der Waals surface area contributed by atoms with Crippen molar-refractivity contribution in [2.24, 2.45) is 0 Å². The molecule has 2 aromatic carbocycles. The van der Waals surface area contributed by atoms with Crippen LogP contribution in [0.1, 0.15) is 97.9 Å². The zero-order valence-electron chi connectivity index (χ0n) is 31.6. The maximum Gasteiger partial charge on any atom is 2.00 e. The first-order chi connectivity index (χ1) is 26.0. The molecule has 0 amide bonds. The van der Waals surface area contributed by atoms with Gasteiger partial charge in [0.05, 0.1) is 5.39 Å². The number of benzene rings is 2. The summed E-state index contributed by atoms with van der Waals surface area (Å²) in [5.41, 5.74) is 9.45. The normalized spacial score (nSPS) is 17.5. The number of aryl methyl sites for hydroxylation is 2. The van der Waals surface area contributed by atoms with Crippen LogP contribution in [0.3, 0.4) is 0 Å². The van der Waals surface area contributed by atoms with Gasteiger partial charge in [-0.05, 0) is 140 Å². The third-order valence-electron chi connectivity index (χ3n) is 10.6. The average Bonchev–Trinajstić information content (AvgIpc) is 4.07. The van der Waals surface area contributed by atoms with Gasteiger partial charge in [-0.3, -0.25) is 5.10 Å². The van der Waals surface area contributed by atoms with Gasteiger partial charge in [0.1, 0.15) is 3.70 Å². The van der Waals surface area contributed by atoms with E-state index in [-0.39, 0.29) is 77.0 Å². The molecule has 3 fully saturated rings. The minimum Gasteiger partial charge on any atom is -1.00 e. The monoisotopic (exact) mass is 945 g/mol. The molecule has 0 bridgehead atoms. The van der Waals surface area contributed by atoms with E-state index in [2.05, 4.69) is 77.0 Å². The Morgan fingerprint density at radius 2 is 1.41 bits per heavy atom. The molecule has 56 heavy (non-hydrogen) atoms. The van der Waals surface area contributed by atoms with E-state index >= 15 is 0 Å². The molecule has 1 saturated heterocycles. The number of nitrogens with zero attached hydrogens (tertiary/aromatic N) is 5. The summed E-state index contributed by atoms with van der Waals surface area (Å²) in [4.78, 5) is 9.02. The Balaban J connectivity index is 0.000000169. The molecule has 4 aromatic heterocycles. The minimum atomic E-state index is -0.361. The summed E-state index contributed by atoms with van der Waals surface area (Å²) < 4.78 is 37.8. The number of halogens is 4. The summed E-state index contributed by atoms with van der Waals surface area (Å²) in [5.74, 6) is 0.316. The minimum absolute atomic E-state index is 0. The number of aromatic amines is 1. The van der Waals surface area contributed by atoms with Crippen molar-refractivity contribution in [3.63, 3.8) is 0 Å². The molecule has 0 radical (unpaired) electrons. The van der Waals surface area contributed by atoms with Crippen molar-refractivity contribution in [1.82, 2.24) is 29.9 Å². The second kappa shape index (κ2) is 18.8. The van der Waals surface area contributed by atoms with Crippen LogP contribution in [0, 0.1) is 29.2 Å².